The highest BCUT2D eigenvalue weighted by Crippen LogP contribution is 2.09. The SMILES string of the molecule is CCNCc1cncc(OCCN2CCCCC2)n1. The highest BCUT2D eigenvalue weighted by molar-refractivity contribution is 5.08. The summed E-state index contributed by atoms with van der Waals surface area (Å²) in [4.78, 5) is 11.0. The number of rotatable bonds is 7. The van der Waals surface area contributed by atoms with Gasteiger partial charge in [-0.15, -0.1) is 0 Å². The van der Waals surface area contributed by atoms with Crippen LogP contribution in [0, 0.1) is 0 Å². The molecule has 0 aliphatic carbocycles. The number of aromatic nitrogens is 2. The lowest BCUT2D eigenvalue weighted by Gasteiger charge is -2.25. The van der Waals surface area contributed by atoms with Crippen LogP contribution in [0.25, 0.3) is 0 Å². The predicted octanol–water partition coefficient (Wildman–Crippen LogP) is 1.45. The Balaban J connectivity index is 1.72. The van der Waals surface area contributed by atoms with Crippen LogP contribution in [0.5, 0.6) is 5.88 Å². The van der Waals surface area contributed by atoms with Crippen LogP contribution in [0.15, 0.2) is 12.4 Å². The normalized spacial score (nSPS) is 16.5. The molecule has 0 unspecified atom stereocenters. The minimum absolute atomic E-state index is 0.632. The molecule has 1 N–H and O–H groups in total. The van der Waals surface area contributed by atoms with Crippen molar-refractivity contribution in [2.24, 2.45) is 0 Å². The van der Waals surface area contributed by atoms with Crippen molar-refractivity contribution in [1.82, 2.24) is 20.2 Å². The number of hydrogen-bond acceptors (Lipinski definition) is 5. The molecule has 1 fully saturated rings. The Morgan fingerprint density at radius 1 is 1.26 bits per heavy atom. The van der Waals surface area contributed by atoms with Crippen molar-refractivity contribution in [2.45, 2.75) is 32.7 Å². The van der Waals surface area contributed by atoms with Crippen molar-refractivity contribution >= 4 is 0 Å². The summed E-state index contributed by atoms with van der Waals surface area (Å²) in [5.74, 6) is 0.632. The molecule has 1 aliphatic heterocycles. The first kappa shape index (κ1) is 14.2. The Kier molecular flexibility index (Phi) is 6.04. The molecule has 0 aromatic carbocycles. The molecule has 0 radical (unpaired) electrons. The summed E-state index contributed by atoms with van der Waals surface area (Å²) in [6, 6.07) is 0. The maximum atomic E-state index is 5.69. The molecule has 106 valence electrons. The molecule has 5 nitrogen and oxygen atoms in total. The minimum atomic E-state index is 0.632. The zero-order valence-electron chi connectivity index (χ0n) is 11.8. The van der Waals surface area contributed by atoms with Gasteiger partial charge in [0.05, 0.1) is 11.9 Å². The van der Waals surface area contributed by atoms with Gasteiger partial charge in [0.2, 0.25) is 5.88 Å². The lowest BCUT2D eigenvalue weighted by Crippen LogP contribution is -2.33. The number of hydrogen-bond donors (Lipinski definition) is 1. The molecule has 0 bridgehead atoms. The molecule has 1 aromatic heterocycles. The Morgan fingerprint density at radius 2 is 2.11 bits per heavy atom. The highest BCUT2D eigenvalue weighted by Gasteiger charge is 2.09. The largest absolute Gasteiger partial charge is 0.475 e. The average molecular weight is 264 g/mol. The smallest absolute Gasteiger partial charge is 0.232 e. The molecule has 1 aliphatic rings. The molecule has 2 heterocycles. The van der Waals surface area contributed by atoms with Crippen molar-refractivity contribution in [3.8, 4) is 5.88 Å². The van der Waals surface area contributed by atoms with E-state index in [1.54, 1.807) is 12.4 Å². The van der Waals surface area contributed by atoms with Crippen LogP contribution in [0.2, 0.25) is 0 Å². The zero-order valence-corrected chi connectivity index (χ0v) is 11.8. The molecule has 1 saturated heterocycles. The summed E-state index contributed by atoms with van der Waals surface area (Å²) in [6.45, 7) is 7.84. The fourth-order valence-electron chi connectivity index (χ4n) is 2.26. The second kappa shape index (κ2) is 8.07. The lowest BCUT2D eigenvalue weighted by molar-refractivity contribution is 0.180. The van der Waals surface area contributed by atoms with Gasteiger partial charge in [0.15, 0.2) is 0 Å². The Labute approximate surface area is 115 Å². The first-order valence-electron chi connectivity index (χ1n) is 7.25. The molecule has 2 rings (SSSR count). The average Bonchev–Trinajstić information content (AvgIpc) is 2.47. The van der Waals surface area contributed by atoms with Crippen LogP contribution < -0.4 is 10.1 Å². The summed E-state index contributed by atoms with van der Waals surface area (Å²) in [5, 5.41) is 3.23. The van der Waals surface area contributed by atoms with Gasteiger partial charge in [-0.1, -0.05) is 13.3 Å². The fraction of sp³-hybridized carbons (Fsp3) is 0.714. The van der Waals surface area contributed by atoms with E-state index in [0.717, 1.165) is 25.3 Å². The summed E-state index contributed by atoms with van der Waals surface area (Å²) in [5.41, 5.74) is 0.928. The van der Waals surface area contributed by atoms with E-state index in [0.29, 0.717) is 12.5 Å². The van der Waals surface area contributed by atoms with Crippen LogP contribution in [-0.2, 0) is 6.54 Å². The van der Waals surface area contributed by atoms with Crippen LogP contribution in [0.1, 0.15) is 31.9 Å². The molecule has 0 amide bonds. The van der Waals surface area contributed by atoms with Crippen LogP contribution in [-0.4, -0.2) is 47.7 Å². The molecule has 19 heavy (non-hydrogen) atoms. The van der Waals surface area contributed by atoms with E-state index in [1.165, 1.54) is 32.4 Å². The third kappa shape index (κ3) is 5.12. The monoisotopic (exact) mass is 264 g/mol. The Morgan fingerprint density at radius 3 is 2.89 bits per heavy atom. The Hall–Kier alpha value is -1.20. The quantitative estimate of drug-likeness (QED) is 0.808. The van der Waals surface area contributed by atoms with Crippen molar-refractivity contribution in [1.29, 1.82) is 0 Å². The van der Waals surface area contributed by atoms with Crippen LogP contribution >= 0.6 is 0 Å². The fourth-order valence-corrected chi connectivity index (χ4v) is 2.26. The topological polar surface area (TPSA) is 50.3 Å². The zero-order chi connectivity index (χ0) is 13.3. The van der Waals surface area contributed by atoms with Crippen LogP contribution in [0.3, 0.4) is 0 Å². The van der Waals surface area contributed by atoms with Gasteiger partial charge in [0.25, 0.3) is 0 Å². The molecular formula is C14H24N4O. The first-order chi connectivity index (χ1) is 9.38. The van der Waals surface area contributed by atoms with E-state index >= 15 is 0 Å². The Bertz CT molecular complexity index is 366. The van der Waals surface area contributed by atoms with Gasteiger partial charge in [0.1, 0.15) is 6.61 Å². The highest BCUT2D eigenvalue weighted by atomic mass is 16.5. The van der Waals surface area contributed by atoms with Crippen molar-refractivity contribution < 1.29 is 4.74 Å². The lowest BCUT2D eigenvalue weighted by atomic mass is 10.1. The number of nitrogens with one attached hydrogen (secondary N) is 1. The number of ether oxygens (including phenoxy) is 1. The van der Waals surface area contributed by atoms with Crippen molar-refractivity contribution in [3.05, 3.63) is 18.1 Å². The summed E-state index contributed by atoms with van der Waals surface area (Å²) >= 11 is 0. The van der Waals surface area contributed by atoms with Gasteiger partial charge < -0.3 is 10.1 Å². The van der Waals surface area contributed by atoms with Crippen molar-refractivity contribution in [2.75, 3.05) is 32.8 Å². The second-order valence-corrected chi connectivity index (χ2v) is 4.88. The van der Waals surface area contributed by atoms with E-state index in [2.05, 4.69) is 27.1 Å². The second-order valence-electron chi connectivity index (χ2n) is 4.88. The van der Waals surface area contributed by atoms with Gasteiger partial charge >= 0.3 is 0 Å². The van der Waals surface area contributed by atoms with Gasteiger partial charge in [-0.05, 0) is 32.5 Å². The number of nitrogens with zero attached hydrogens (tertiary/aromatic N) is 3. The van der Waals surface area contributed by atoms with Crippen molar-refractivity contribution in [3.63, 3.8) is 0 Å². The predicted molar refractivity (Wildman–Crippen MR) is 75.2 cm³/mol. The third-order valence-corrected chi connectivity index (χ3v) is 3.32. The third-order valence-electron chi connectivity index (χ3n) is 3.32. The summed E-state index contributed by atoms with van der Waals surface area (Å²) in [7, 11) is 0. The summed E-state index contributed by atoms with van der Waals surface area (Å²) in [6.07, 6.45) is 7.47. The van der Waals surface area contributed by atoms with Crippen LogP contribution in [0.4, 0.5) is 0 Å². The molecule has 0 atom stereocenters. The molecule has 0 saturated carbocycles. The van der Waals surface area contributed by atoms with Gasteiger partial charge in [0, 0.05) is 19.3 Å². The van der Waals surface area contributed by atoms with Gasteiger partial charge in [-0.3, -0.25) is 9.88 Å². The maximum absolute atomic E-state index is 5.69. The number of likely N-dealkylation sites (tertiary alicyclic amines) is 1. The van der Waals surface area contributed by atoms with E-state index in [-0.39, 0.29) is 0 Å². The number of piperidine rings is 1. The minimum Gasteiger partial charge on any atom is -0.475 e. The standard InChI is InChI=1S/C14H24N4O/c1-2-15-10-13-11-16-12-14(17-13)19-9-8-18-6-4-3-5-7-18/h11-12,15H,2-10H2,1H3. The van der Waals surface area contributed by atoms with E-state index in [4.69, 9.17) is 4.74 Å². The molecule has 1 aromatic rings. The van der Waals surface area contributed by atoms with Gasteiger partial charge in [-0.25, -0.2) is 4.98 Å². The molecule has 0 spiro atoms. The van der Waals surface area contributed by atoms with E-state index in [1.807, 2.05) is 0 Å². The van der Waals surface area contributed by atoms with E-state index < -0.39 is 0 Å². The molecular weight excluding hydrogens is 240 g/mol. The summed E-state index contributed by atoms with van der Waals surface area (Å²) < 4.78 is 5.69. The maximum Gasteiger partial charge on any atom is 0.232 e. The van der Waals surface area contributed by atoms with Gasteiger partial charge in [-0.2, -0.15) is 0 Å². The van der Waals surface area contributed by atoms with E-state index in [9.17, 15) is 0 Å². The first-order valence-corrected chi connectivity index (χ1v) is 7.25. The molecule has 5 heteroatoms.